The number of aromatic amines is 1. The maximum absolute atomic E-state index is 12.1. The largest absolute Gasteiger partial charge is 0.345 e. The van der Waals surface area contributed by atoms with Crippen molar-refractivity contribution in [3.8, 4) is 0 Å². The van der Waals surface area contributed by atoms with Crippen molar-refractivity contribution in [3.05, 3.63) is 53.6 Å². The maximum Gasteiger partial charge on any atom is 0.230 e. The van der Waals surface area contributed by atoms with E-state index in [2.05, 4.69) is 9.97 Å². The van der Waals surface area contributed by atoms with Crippen molar-refractivity contribution in [2.75, 3.05) is 4.90 Å². The Morgan fingerprint density at radius 3 is 2.65 bits per heavy atom. The lowest BCUT2D eigenvalue weighted by Gasteiger charge is -2.17. The summed E-state index contributed by atoms with van der Waals surface area (Å²) in [6, 6.07) is 15.2. The van der Waals surface area contributed by atoms with Gasteiger partial charge >= 0.3 is 0 Å². The molecule has 2 aromatic heterocycles. The van der Waals surface area contributed by atoms with Crippen LogP contribution in [-0.4, -0.2) is 15.9 Å². The number of H-pyrrole nitrogens is 1. The summed E-state index contributed by atoms with van der Waals surface area (Å²) in [5.74, 6) is -0.0898. The van der Waals surface area contributed by atoms with Crippen LogP contribution in [0.5, 0.6) is 0 Å². The number of carbonyl (C=O) groups is 1. The van der Waals surface area contributed by atoms with Gasteiger partial charge in [-0.05, 0) is 30.3 Å². The van der Waals surface area contributed by atoms with E-state index >= 15 is 0 Å². The van der Waals surface area contributed by atoms with Crippen LogP contribution in [-0.2, 0) is 4.79 Å². The molecule has 0 unspecified atom stereocenters. The Morgan fingerprint density at radius 1 is 1.17 bits per heavy atom. The first-order valence-corrected chi connectivity index (χ1v) is 8.26. The number of aromatic nitrogens is 2. The van der Waals surface area contributed by atoms with Gasteiger partial charge in [-0.25, -0.2) is 4.98 Å². The first-order valence-electron chi connectivity index (χ1n) is 7.07. The Labute approximate surface area is 141 Å². The SMILES string of the molecule is CC(=O)N(c1ccc(Cl)cc1)c1nc2c([nH]c3ccccc32)s1. The van der Waals surface area contributed by atoms with Gasteiger partial charge < -0.3 is 4.98 Å². The second-order valence-corrected chi connectivity index (χ2v) is 6.59. The van der Waals surface area contributed by atoms with Crippen LogP contribution in [0.4, 0.5) is 10.8 Å². The van der Waals surface area contributed by atoms with Crippen LogP contribution >= 0.6 is 22.9 Å². The van der Waals surface area contributed by atoms with E-state index in [4.69, 9.17) is 11.6 Å². The lowest BCUT2D eigenvalue weighted by Crippen LogP contribution is -2.22. The molecule has 114 valence electrons. The fraction of sp³-hybridized carbons (Fsp3) is 0.0588. The summed E-state index contributed by atoms with van der Waals surface area (Å²) in [4.78, 5) is 22.7. The Balaban J connectivity index is 1.87. The summed E-state index contributed by atoms with van der Waals surface area (Å²) in [5, 5.41) is 2.34. The topological polar surface area (TPSA) is 49.0 Å². The highest BCUT2D eigenvalue weighted by atomic mass is 35.5. The fourth-order valence-corrected chi connectivity index (χ4v) is 3.79. The number of nitrogens with one attached hydrogen (secondary N) is 1. The number of halogens is 1. The van der Waals surface area contributed by atoms with Gasteiger partial charge in [-0.2, -0.15) is 0 Å². The van der Waals surface area contributed by atoms with Crippen molar-refractivity contribution in [2.24, 2.45) is 0 Å². The molecule has 0 atom stereocenters. The molecule has 23 heavy (non-hydrogen) atoms. The van der Waals surface area contributed by atoms with Gasteiger partial charge in [0.05, 0.1) is 5.69 Å². The summed E-state index contributed by atoms with van der Waals surface area (Å²) in [6.07, 6.45) is 0. The third-order valence-electron chi connectivity index (χ3n) is 3.64. The lowest BCUT2D eigenvalue weighted by atomic mass is 10.2. The highest BCUT2D eigenvalue weighted by Gasteiger charge is 2.20. The number of fused-ring (bicyclic) bond motifs is 3. The van der Waals surface area contributed by atoms with Gasteiger partial charge in [-0.1, -0.05) is 41.1 Å². The first kappa shape index (κ1) is 14.2. The summed E-state index contributed by atoms with van der Waals surface area (Å²) in [6.45, 7) is 1.53. The van der Waals surface area contributed by atoms with Crippen molar-refractivity contribution >= 4 is 60.9 Å². The highest BCUT2D eigenvalue weighted by Crippen LogP contribution is 2.36. The van der Waals surface area contributed by atoms with Gasteiger partial charge in [0.2, 0.25) is 5.91 Å². The van der Waals surface area contributed by atoms with Gasteiger partial charge in [-0.3, -0.25) is 9.69 Å². The Kier molecular flexibility index (Phi) is 3.32. The van der Waals surface area contributed by atoms with Crippen molar-refractivity contribution < 1.29 is 4.79 Å². The predicted molar refractivity (Wildman–Crippen MR) is 95.7 cm³/mol. The predicted octanol–water partition coefficient (Wildman–Crippen LogP) is 5.12. The van der Waals surface area contributed by atoms with Crippen LogP contribution in [0.25, 0.3) is 21.3 Å². The number of hydrogen-bond donors (Lipinski definition) is 1. The van der Waals surface area contributed by atoms with Crippen LogP contribution in [0, 0.1) is 0 Å². The minimum atomic E-state index is -0.0898. The number of nitrogens with zero attached hydrogens (tertiary/aromatic N) is 2. The van der Waals surface area contributed by atoms with Crippen molar-refractivity contribution in [1.29, 1.82) is 0 Å². The molecule has 0 aliphatic carbocycles. The van der Waals surface area contributed by atoms with E-state index in [0.717, 1.165) is 26.9 Å². The van der Waals surface area contributed by atoms with E-state index in [0.29, 0.717) is 10.2 Å². The Bertz CT molecular complexity index is 1020. The zero-order valence-corrected chi connectivity index (χ0v) is 13.8. The molecule has 1 amide bonds. The van der Waals surface area contributed by atoms with Crippen LogP contribution in [0.2, 0.25) is 5.02 Å². The summed E-state index contributed by atoms with van der Waals surface area (Å²) < 4.78 is 0. The molecule has 0 saturated carbocycles. The zero-order chi connectivity index (χ0) is 16.0. The maximum atomic E-state index is 12.1. The van der Waals surface area contributed by atoms with E-state index in [1.807, 2.05) is 36.4 Å². The van der Waals surface area contributed by atoms with Crippen molar-refractivity contribution in [2.45, 2.75) is 6.92 Å². The molecule has 4 rings (SSSR count). The molecule has 4 aromatic rings. The average Bonchev–Trinajstić information content (AvgIpc) is 3.07. The molecule has 4 nitrogen and oxygen atoms in total. The van der Waals surface area contributed by atoms with Crippen LogP contribution < -0.4 is 4.90 Å². The van der Waals surface area contributed by atoms with E-state index in [-0.39, 0.29) is 5.91 Å². The molecular formula is C17H12ClN3OS. The molecule has 0 saturated heterocycles. The van der Waals surface area contributed by atoms with Gasteiger partial charge in [0.15, 0.2) is 5.13 Å². The Hall–Kier alpha value is -2.37. The third-order valence-corrected chi connectivity index (χ3v) is 4.85. The summed E-state index contributed by atoms with van der Waals surface area (Å²) in [7, 11) is 0. The number of carbonyl (C=O) groups excluding carboxylic acids is 1. The molecule has 0 fully saturated rings. The highest BCUT2D eigenvalue weighted by molar-refractivity contribution is 7.22. The number of benzene rings is 2. The number of para-hydroxylation sites is 1. The standard InChI is InChI=1S/C17H12ClN3OS/c1-10(22)21(12-8-6-11(18)7-9-12)17-20-15-13-4-2-3-5-14(13)19-16(15)23-17/h2-9,19H,1H3. The van der Waals surface area contributed by atoms with Gasteiger partial charge in [-0.15, -0.1) is 0 Å². The van der Waals surface area contributed by atoms with Gasteiger partial charge in [0.1, 0.15) is 10.3 Å². The smallest absolute Gasteiger partial charge is 0.230 e. The van der Waals surface area contributed by atoms with E-state index < -0.39 is 0 Å². The summed E-state index contributed by atoms with van der Waals surface area (Å²) in [5.41, 5.74) is 2.69. The van der Waals surface area contributed by atoms with E-state index in [1.54, 1.807) is 17.0 Å². The molecule has 0 aliphatic heterocycles. The quantitative estimate of drug-likeness (QED) is 0.550. The minimum Gasteiger partial charge on any atom is -0.345 e. The van der Waals surface area contributed by atoms with Gasteiger partial charge in [0, 0.05) is 22.8 Å². The fourth-order valence-electron chi connectivity index (χ4n) is 2.61. The monoisotopic (exact) mass is 341 g/mol. The second-order valence-electron chi connectivity index (χ2n) is 5.18. The number of amides is 1. The molecule has 0 aliphatic rings. The van der Waals surface area contributed by atoms with Crippen LogP contribution in [0.15, 0.2) is 48.5 Å². The van der Waals surface area contributed by atoms with Crippen molar-refractivity contribution in [1.82, 2.24) is 9.97 Å². The average molecular weight is 342 g/mol. The summed E-state index contributed by atoms with van der Waals surface area (Å²) >= 11 is 7.40. The molecule has 0 spiro atoms. The van der Waals surface area contributed by atoms with Crippen LogP contribution in [0.3, 0.4) is 0 Å². The molecule has 0 bridgehead atoms. The molecule has 2 heterocycles. The Morgan fingerprint density at radius 2 is 1.91 bits per heavy atom. The van der Waals surface area contributed by atoms with Crippen molar-refractivity contribution in [3.63, 3.8) is 0 Å². The lowest BCUT2D eigenvalue weighted by molar-refractivity contribution is -0.115. The number of rotatable bonds is 2. The molecular weight excluding hydrogens is 330 g/mol. The molecule has 6 heteroatoms. The van der Waals surface area contributed by atoms with E-state index in [1.165, 1.54) is 18.3 Å². The van der Waals surface area contributed by atoms with E-state index in [9.17, 15) is 4.79 Å². The molecule has 0 radical (unpaired) electrons. The molecule has 1 N–H and O–H groups in total. The zero-order valence-electron chi connectivity index (χ0n) is 12.2. The molecule has 2 aromatic carbocycles. The number of thiazole rings is 1. The van der Waals surface area contributed by atoms with Gasteiger partial charge in [0.25, 0.3) is 0 Å². The van der Waals surface area contributed by atoms with Crippen LogP contribution in [0.1, 0.15) is 6.92 Å². The number of hydrogen-bond acceptors (Lipinski definition) is 3. The third kappa shape index (κ3) is 2.38. The second kappa shape index (κ2) is 5.37. The normalized spacial score (nSPS) is 11.2. The number of anilines is 2. The first-order chi connectivity index (χ1) is 11.1. The minimum absolute atomic E-state index is 0.0898.